The Bertz CT molecular complexity index is 1160. The lowest BCUT2D eigenvalue weighted by molar-refractivity contribution is -0.132. The van der Waals surface area contributed by atoms with Crippen LogP contribution in [0.3, 0.4) is 0 Å². The molecule has 1 saturated carbocycles. The summed E-state index contributed by atoms with van der Waals surface area (Å²) in [4.78, 5) is 29.6. The van der Waals surface area contributed by atoms with Crippen LogP contribution in [0.5, 0.6) is 17.2 Å². The molecule has 2 aromatic carbocycles. The van der Waals surface area contributed by atoms with Gasteiger partial charge in [0.05, 0.1) is 12.0 Å². The number of carbonyl (C=O) groups excluding carboxylic acids is 2. The van der Waals surface area contributed by atoms with Crippen LogP contribution in [-0.2, 0) is 21.4 Å². The zero-order valence-corrected chi connectivity index (χ0v) is 19.5. The second-order valence-corrected chi connectivity index (χ2v) is 10.0. The van der Waals surface area contributed by atoms with Crippen LogP contribution in [0.2, 0.25) is 0 Å². The lowest BCUT2D eigenvalue weighted by Crippen LogP contribution is -2.54. The van der Waals surface area contributed by atoms with Crippen molar-refractivity contribution >= 4 is 11.7 Å². The quantitative estimate of drug-likeness (QED) is 0.748. The summed E-state index contributed by atoms with van der Waals surface area (Å²) in [5.41, 5.74) is 2.18. The first kappa shape index (κ1) is 21.5. The summed E-state index contributed by atoms with van der Waals surface area (Å²) in [6.45, 7) is 0.140. The molecule has 6 rings (SSSR count). The van der Waals surface area contributed by atoms with E-state index in [1.165, 1.54) is 0 Å². The molecule has 34 heavy (non-hydrogen) atoms. The standard InChI is InChI=1S/C27H29NO6/c1-28-23-11-17(32-2)9-10-27(23)20-13-22-21(33-14-34-22)12-19(20)25(30)18(24(27)26(28)31)8-5-15-3-6-16(29)7-4-15/h3-4,6-7,12-13,17-18,23-24,29H,5,8-11,14H2,1-2H3/t17-,18?,23-,24+,27-/m0/s1. The molecule has 0 aromatic heterocycles. The van der Waals surface area contributed by atoms with Gasteiger partial charge in [-0.3, -0.25) is 9.59 Å². The number of ether oxygens (including phenoxy) is 3. The molecule has 2 aliphatic carbocycles. The number of hydrogen-bond donors (Lipinski definition) is 1. The lowest BCUT2D eigenvalue weighted by atomic mass is 9.52. The normalized spacial score (nSPS) is 31.3. The van der Waals surface area contributed by atoms with Crippen LogP contribution in [0, 0.1) is 11.8 Å². The monoisotopic (exact) mass is 463 g/mol. The van der Waals surface area contributed by atoms with Gasteiger partial charge in [-0.15, -0.1) is 0 Å². The third-order valence-electron chi connectivity index (χ3n) is 8.63. The van der Waals surface area contributed by atoms with E-state index in [9.17, 15) is 14.7 Å². The Balaban J connectivity index is 1.47. The number of aromatic hydroxyl groups is 1. The highest BCUT2D eigenvalue weighted by Crippen LogP contribution is 2.60. The number of fused-ring (bicyclic) bond motifs is 2. The predicted molar refractivity (Wildman–Crippen MR) is 123 cm³/mol. The summed E-state index contributed by atoms with van der Waals surface area (Å²) in [5, 5.41) is 9.62. The Morgan fingerprint density at radius 1 is 1.15 bits per heavy atom. The molecule has 1 saturated heterocycles. The number of methoxy groups -OCH3 is 1. The van der Waals surface area contributed by atoms with Crippen molar-refractivity contribution in [3.8, 4) is 17.2 Å². The Kier molecular flexibility index (Phi) is 4.88. The summed E-state index contributed by atoms with van der Waals surface area (Å²) in [7, 11) is 3.60. The van der Waals surface area contributed by atoms with E-state index in [1.807, 2.05) is 36.2 Å². The zero-order chi connectivity index (χ0) is 23.6. The van der Waals surface area contributed by atoms with Gasteiger partial charge in [-0.25, -0.2) is 0 Å². The topological polar surface area (TPSA) is 85.3 Å². The van der Waals surface area contributed by atoms with Crippen LogP contribution < -0.4 is 9.47 Å². The average Bonchev–Trinajstić information content (AvgIpc) is 3.40. The molecule has 1 unspecified atom stereocenters. The molecule has 1 spiro atoms. The second-order valence-electron chi connectivity index (χ2n) is 10.0. The first-order valence-electron chi connectivity index (χ1n) is 12.0. The van der Waals surface area contributed by atoms with Gasteiger partial charge in [0.1, 0.15) is 5.75 Å². The van der Waals surface area contributed by atoms with Gasteiger partial charge in [-0.2, -0.15) is 0 Å². The van der Waals surface area contributed by atoms with Crippen molar-refractivity contribution in [2.75, 3.05) is 21.0 Å². The van der Waals surface area contributed by atoms with Crippen molar-refractivity contribution in [2.45, 2.75) is 49.7 Å². The van der Waals surface area contributed by atoms with Crippen molar-refractivity contribution in [1.29, 1.82) is 0 Å². The number of phenols is 1. The van der Waals surface area contributed by atoms with Gasteiger partial charge in [-0.05, 0) is 67.5 Å². The van der Waals surface area contributed by atoms with Crippen LogP contribution in [0.1, 0.15) is 47.2 Å². The second kappa shape index (κ2) is 7.73. The Morgan fingerprint density at radius 3 is 2.62 bits per heavy atom. The van der Waals surface area contributed by atoms with Crippen LogP contribution in [-0.4, -0.2) is 54.8 Å². The van der Waals surface area contributed by atoms with Gasteiger partial charge in [0, 0.05) is 37.1 Å². The molecule has 2 heterocycles. The van der Waals surface area contributed by atoms with Gasteiger partial charge >= 0.3 is 0 Å². The Labute approximate surface area is 198 Å². The van der Waals surface area contributed by atoms with E-state index in [4.69, 9.17) is 14.2 Å². The van der Waals surface area contributed by atoms with Crippen molar-refractivity contribution in [3.63, 3.8) is 0 Å². The Morgan fingerprint density at radius 2 is 1.88 bits per heavy atom. The minimum Gasteiger partial charge on any atom is -0.508 e. The van der Waals surface area contributed by atoms with Crippen LogP contribution in [0.25, 0.3) is 0 Å². The van der Waals surface area contributed by atoms with E-state index in [-0.39, 0.29) is 36.4 Å². The first-order chi connectivity index (χ1) is 16.4. The van der Waals surface area contributed by atoms with E-state index < -0.39 is 17.3 Å². The number of rotatable bonds is 4. The third-order valence-corrected chi connectivity index (χ3v) is 8.63. The number of phenolic OH excluding ortho intramolecular Hbond substituents is 1. The molecule has 7 nitrogen and oxygen atoms in total. The number of aryl methyl sites for hydroxylation is 1. The minimum absolute atomic E-state index is 0.0129. The number of amides is 1. The van der Waals surface area contributed by atoms with E-state index in [0.29, 0.717) is 29.9 Å². The van der Waals surface area contributed by atoms with E-state index in [0.717, 1.165) is 30.4 Å². The summed E-state index contributed by atoms with van der Waals surface area (Å²) < 4.78 is 17.0. The first-order valence-corrected chi connectivity index (χ1v) is 12.0. The molecule has 1 amide bonds. The largest absolute Gasteiger partial charge is 0.508 e. The number of ketones is 1. The number of hydrogen-bond acceptors (Lipinski definition) is 6. The molecule has 5 atom stereocenters. The fourth-order valence-corrected chi connectivity index (χ4v) is 6.99. The van der Waals surface area contributed by atoms with Gasteiger partial charge < -0.3 is 24.2 Å². The lowest BCUT2D eigenvalue weighted by Gasteiger charge is -2.50. The molecule has 7 heteroatoms. The summed E-state index contributed by atoms with van der Waals surface area (Å²) in [6.07, 6.45) is 3.71. The number of carbonyl (C=O) groups is 2. The van der Waals surface area contributed by atoms with Crippen molar-refractivity contribution in [2.24, 2.45) is 11.8 Å². The van der Waals surface area contributed by atoms with E-state index in [1.54, 1.807) is 19.2 Å². The fourth-order valence-electron chi connectivity index (χ4n) is 6.99. The van der Waals surface area contributed by atoms with Crippen LogP contribution >= 0.6 is 0 Å². The van der Waals surface area contributed by atoms with Gasteiger partial charge in [0.15, 0.2) is 17.3 Å². The molecule has 2 aliphatic heterocycles. The predicted octanol–water partition coefficient (Wildman–Crippen LogP) is 3.46. The molecular formula is C27H29NO6. The number of Topliss-reactive ketones (excluding diaryl/α,β-unsaturated/α-hetero) is 1. The van der Waals surface area contributed by atoms with Gasteiger partial charge in [0.2, 0.25) is 12.7 Å². The van der Waals surface area contributed by atoms with E-state index >= 15 is 0 Å². The van der Waals surface area contributed by atoms with Crippen molar-refractivity contribution in [3.05, 3.63) is 53.1 Å². The van der Waals surface area contributed by atoms with Gasteiger partial charge in [-0.1, -0.05) is 12.1 Å². The maximum Gasteiger partial charge on any atom is 0.231 e. The van der Waals surface area contributed by atoms with Crippen LogP contribution in [0.15, 0.2) is 36.4 Å². The van der Waals surface area contributed by atoms with Crippen LogP contribution in [0.4, 0.5) is 0 Å². The summed E-state index contributed by atoms with van der Waals surface area (Å²) in [5.74, 6) is 0.703. The maximum absolute atomic E-state index is 13.9. The number of likely N-dealkylation sites (N-methyl/N-ethyl adjacent to an activating group) is 1. The smallest absolute Gasteiger partial charge is 0.231 e. The molecule has 0 radical (unpaired) electrons. The maximum atomic E-state index is 13.9. The molecule has 2 aromatic rings. The molecule has 4 aliphatic rings. The Hall–Kier alpha value is -3.06. The summed E-state index contributed by atoms with van der Waals surface area (Å²) in [6, 6.07) is 10.8. The fraction of sp³-hybridized carbons (Fsp3) is 0.481. The van der Waals surface area contributed by atoms with Crippen molar-refractivity contribution < 1.29 is 28.9 Å². The average molecular weight is 464 g/mol. The molecule has 0 bridgehead atoms. The van der Waals surface area contributed by atoms with Crippen molar-refractivity contribution in [1.82, 2.24) is 4.90 Å². The number of benzene rings is 2. The number of nitrogens with zero attached hydrogens (tertiary/aromatic N) is 1. The molecular weight excluding hydrogens is 434 g/mol. The highest BCUT2D eigenvalue weighted by atomic mass is 16.7. The molecule has 2 fully saturated rings. The SMILES string of the molecule is CO[C@H]1CC[C@@]23c4cc5c(cc4C(=O)C(CCc4ccc(O)cc4)[C@@H]2C(=O)N(C)[C@H]3C1)OCO5. The molecule has 1 N–H and O–H groups in total. The van der Waals surface area contributed by atoms with Gasteiger partial charge in [0.25, 0.3) is 0 Å². The highest BCUT2D eigenvalue weighted by Gasteiger charge is 2.66. The summed E-state index contributed by atoms with van der Waals surface area (Å²) >= 11 is 0. The third kappa shape index (κ3) is 2.92. The van der Waals surface area contributed by atoms with E-state index in [2.05, 4.69) is 0 Å². The molecule has 178 valence electrons. The zero-order valence-electron chi connectivity index (χ0n) is 19.5. The highest BCUT2D eigenvalue weighted by molar-refractivity contribution is 6.06. The number of likely N-dealkylation sites (tertiary alicyclic amines) is 1. The minimum atomic E-state index is -0.454.